The standard InChI is InChI=1S/C8H15N/c1-3-6-5-7(4-2)8(6)9/h3,7-8H,4-5,9H2,1-2H3/b6-3+. The second kappa shape index (κ2) is 2.53. The Kier molecular flexibility index (Phi) is 1.91. The van der Waals surface area contributed by atoms with Crippen molar-refractivity contribution in [2.24, 2.45) is 11.7 Å². The lowest BCUT2D eigenvalue weighted by Crippen LogP contribution is -2.41. The van der Waals surface area contributed by atoms with E-state index in [-0.39, 0.29) is 0 Å². The van der Waals surface area contributed by atoms with Crippen molar-refractivity contribution < 1.29 is 0 Å². The summed E-state index contributed by atoms with van der Waals surface area (Å²) in [5, 5.41) is 0. The number of hydrogen-bond donors (Lipinski definition) is 1. The monoisotopic (exact) mass is 125 g/mol. The van der Waals surface area contributed by atoms with E-state index in [1.165, 1.54) is 18.4 Å². The second-order valence-electron chi connectivity index (χ2n) is 2.76. The van der Waals surface area contributed by atoms with E-state index in [9.17, 15) is 0 Å². The van der Waals surface area contributed by atoms with E-state index in [4.69, 9.17) is 5.73 Å². The summed E-state index contributed by atoms with van der Waals surface area (Å²) in [6.45, 7) is 4.28. The molecule has 2 N–H and O–H groups in total. The fraction of sp³-hybridized carbons (Fsp3) is 0.750. The molecule has 2 atom stereocenters. The third kappa shape index (κ3) is 1.01. The molecule has 1 aliphatic carbocycles. The minimum atomic E-state index is 0.389. The van der Waals surface area contributed by atoms with Crippen molar-refractivity contribution in [1.29, 1.82) is 0 Å². The van der Waals surface area contributed by atoms with Crippen LogP contribution in [0.3, 0.4) is 0 Å². The zero-order valence-corrected chi connectivity index (χ0v) is 6.22. The molecule has 1 nitrogen and oxygen atoms in total. The molecule has 9 heavy (non-hydrogen) atoms. The van der Waals surface area contributed by atoms with Crippen LogP contribution in [0.2, 0.25) is 0 Å². The molecule has 0 aliphatic heterocycles. The molecule has 0 aromatic carbocycles. The zero-order chi connectivity index (χ0) is 6.85. The Balaban J connectivity index is 2.41. The maximum atomic E-state index is 5.82. The summed E-state index contributed by atoms with van der Waals surface area (Å²) in [6.07, 6.45) is 4.63. The lowest BCUT2D eigenvalue weighted by Gasteiger charge is -2.36. The van der Waals surface area contributed by atoms with E-state index in [1.807, 2.05) is 0 Å². The number of nitrogens with two attached hydrogens (primary N) is 1. The van der Waals surface area contributed by atoms with Crippen LogP contribution < -0.4 is 5.73 Å². The molecule has 0 saturated heterocycles. The highest BCUT2D eigenvalue weighted by atomic mass is 14.7. The van der Waals surface area contributed by atoms with Crippen LogP contribution in [0, 0.1) is 5.92 Å². The molecule has 1 aliphatic rings. The highest BCUT2D eigenvalue weighted by molar-refractivity contribution is 5.21. The van der Waals surface area contributed by atoms with Gasteiger partial charge in [0.05, 0.1) is 0 Å². The van der Waals surface area contributed by atoms with Crippen LogP contribution >= 0.6 is 0 Å². The Morgan fingerprint density at radius 3 is 2.78 bits per heavy atom. The third-order valence-corrected chi connectivity index (χ3v) is 2.33. The molecule has 1 saturated carbocycles. The quantitative estimate of drug-likeness (QED) is 0.530. The van der Waals surface area contributed by atoms with Crippen molar-refractivity contribution >= 4 is 0 Å². The van der Waals surface area contributed by atoms with Crippen molar-refractivity contribution in [2.45, 2.75) is 32.7 Å². The average molecular weight is 125 g/mol. The molecule has 1 rings (SSSR count). The molecular formula is C8H15N. The van der Waals surface area contributed by atoms with Gasteiger partial charge in [-0.1, -0.05) is 25.0 Å². The lowest BCUT2D eigenvalue weighted by atomic mass is 9.74. The zero-order valence-electron chi connectivity index (χ0n) is 6.22. The van der Waals surface area contributed by atoms with E-state index >= 15 is 0 Å². The average Bonchev–Trinajstić information content (AvgIpc) is 1.87. The van der Waals surface area contributed by atoms with Crippen molar-refractivity contribution in [3.63, 3.8) is 0 Å². The largest absolute Gasteiger partial charge is 0.324 e. The first kappa shape index (κ1) is 6.81. The van der Waals surface area contributed by atoms with Gasteiger partial charge in [0, 0.05) is 6.04 Å². The van der Waals surface area contributed by atoms with Crippen LogP contribution in [0.1, 0.15) is 26.7 Å². The van der Waals surface area contributed by atoms with Gasteiger partial charge in [-0.2, -0.15) is 0 Å². The van der Waals surface area contributed by atoms with E-state index in [2.05, 4.69) is 19.9 Å². The Bertz CT molecular complexity index is 127. The Labute approximate surface area is 56.9 Å². The minimum absolute atomic E-state index is 0.389. The first-order chi connectivity index (χ1) is 4.29. The van der Waals surface area contributed by atoms with Gasteiger partial charge in [-0.25, -0.2) is 0 Å². The summed E-state index contributed by atoms with van der Waals surface area (Å²) in [4.78, 5) is 0. The molecule has 52 valence electrons. The normalized spacial score (nSPS) is 38.8. The molecular weight excluding hydrogens is 110 g/mol. The molecule has 0 spiro atoms. The number of hydrogen-bond acceptors (Lipinski definition) is 1. The van der Waals surface area contributed by atoms with Gasteiger partial charge < -0.3 is 5.73 Å². The van der Waals surface area contributed by atoms with E-state index in [0.717, 1.165) is 5.92 Å². The molecule has 0 bridgehead atoms. The summed E-state index contributed by atoms with van der Waals surface area (Å²) in [6, 6.07) is 0.389. The molecule has 0 aromatic heterocycles. The van der Waals surface area contributed by atoms with Crippen LogP contribution in [0.15, 0.2) is 11.6 Å². The van der Waals surface area contributed by atoms with Crippen LogP contribution in [-0.2, 0) is 0 Å². The number of rotatable bonds is 1. The van der Waals surface area contributed by atoms with Crippen LogP contribution in [-0.4, -0.2) is 6.04 Å². The molecule has 1 fully saturated rings. The fourth-order valence-electron chi connectivity index (χ4n) is 1.42. The van der Waals surface area contributed by atoms with Gasteiger partial charge in [-0.15, -0.1) is 0 Å². The summed E-state index contributed by atoms with van der Waals surface area (Å²) < 4.78 is 0. The van der Waals surface area contributed by atoms with Gasteiger partial charge in [0.25, 0.3) is 0 Å². The molecule has 0 aromatic rings. The maximum absolute atomic E-state index is 5.82. The smallest absolute Gasteiger partial charge is 0.0285 e. The van der Waals surface area contributed by atoms with Crippen molar-refractivity contribution in [2.75, 3.05) is 0 Å². The van der Waals surface area contributed by atoms with Crippen molar-refractivity contribution in [3.8, 4) is 0 Å². The van der Waals surface area contributed by atoms with Gasteiger partial charge in [0.2, 0.25) is 0 Å². The molecule has 1 heteroatoms. The van der Waals surface area contributed by atoms with E-state index < -0.39 is 0 Å². The van der Waals surface area contributed by atoms with E-state index in [0.29, 0.717) is 6.04 Å². The Hall–Kier alpha value is -0.300. The highest BCUT2D eigenvalue weighted by Gasteiger charge is 2.29. The summed E-state index contributed by atoms with van der Waals surface area (Å²) in [7, 11) is 0. The van der Waals surface area contributed by atoms with Crippen molar-refractivity contribution in [3.05, 3.63) is 11.6 Å². The first-order valence-corrected chi connectivity index (χ1v) is 3.70. The first-order valence-electron chi connectivity index (χ1n) is 3.70. The second-order valence-corrected chi connectivity index (χ2v) is 2.76. The van der Waals surface area contributed by atoms with Crippen LogP contribution in [0.25, 0.3) is 0 Å². The third-order valence-electron chi connectivity index (χ3n) is 2.33. The maximum Gasteiger partial charge on any atom is 0.0285 e. The van der Waals surface area contributed by atoms with Crippen LogP contribution in [0.4, 0.5) is 0 Å². The fourth-order valence-corrected chi connectivity index (χ4v) is 1.42. The molecule has 0 amide bonds. The Morgan fingerprint density at radius 2 is 2.44 bits per heavy atom. The van der Waals surface area contributed by atoms with Gasteiger partial charge in [-0.05, 0) is 19.3 Å². The topological polar surface area (TPSA) is 26.0 Å². The summed E-state index contributed by atoms with van der Waals surface area (Å²) >= 11 is 0. The van der Waals surface area contributed by atoms with E-state index in [1.54, 1.807) is 0 Å². The molecule has 0 heterocycles. The van der Waals surface area contributed by atoms with Gasteiger partial charge in [0.15, 0.2) is 0 Å². The highest BCUT2D eigenvalue weighted by Crippen LogP contribution is 2.33. The predicted molar refractivity (Wildman–Crippen MR) is 40.1 cm³/mol. The van der Waals surface area contributed by atoms with Crippen molar-refractivity contribution in [1.82, 2.24) is 0 Å². The SMILES string of the molecule is C/C=C1\CC(CC)C1N. The molecule has 2 unspecified atom stereocenters. The summed E-state index contributed by atoms with van der Waals surface area (Å²) in [5.41, 5.74) is 7.27. The predicted octanol–water partition coefficient (Wildman–Crippen LogP) is 1.69. The lowest BCUT2D eigenvalue weighted by molar-refractivity contribution is 0.344. The van der Waals surface area contributed by atoms with Gasteiger partial charge in [0.1, 0.15) is 0 Å². The Morgan fingerprint density at radius 1 is 1.78 bits per heavy atom. The minimum Gasteiger partial charge on any atom is -0.324 e. The van der Waals surface area contributed by atoms with Crippen LogP contribution in [0.5, 0.6) is 0 Å². The number of allylic oxidation sites excluding steroid dienone is 1. The molecule has 0 radical (unpaired) electrons. The summed E-state index contributed by atoms with van der Waals surface area (Å²) in [5.74, 6) is 0.774. The van der Waals surface area contributed by atoms with Gasteiger partial charge in [-0.3, -0.25) is 0 Å². The van der Waals surface area contributed by atoms with Gasteiger partial charge >= 0.3 is 0 Å².